The van der Waals surface area contributed by atoms with Gasteiger partial charge in [0, 0.05) is 35.9 Å². The molecule has 0 aliphatic carbocycles. The summed E-state index contributed by atoms with van der Waals surface area (Å²) in [5.41, 5.74) is 1.42. The van der Waals surface area contributed by atoms with Gasteiger partial charge in [0.2, 0.25) is 5.91 Å². The van der Waals surface area contributed by atoms with Crippen LogP contribution in [0.1, 0.15) is 51.7 Å². The van der Waals surface area contributed by atoms with Crippen molar-refractivity contribution in [3.05, 3.63) is 29.3 Å². The van der Waals surface area contributed by atoms with E-state index in [1.807, 2.05) is 6.92 Å². The molecule has 29 heavy (non-hydrogen) atoms. The molecule has 7 heteroatoms. The number of carbonyl (C=O) groups excluding carboxylic acids is 1. The van der Waals surface area contributed by atoms with Crippen LogP contribution in [0.2, 0.25) is 0 Å². The van der Waals surface area contributed by atoms with Gasteiger partial charge in [0.1, 0.15) is 6.10 Å². The van der Waals surface area contributed by atoms with Crippen molar-refractivity contribution in [2.45, 2.75) is 52.7 Å². The molecule has 0 spiro atoms. The topological polar surface area (TPSA) is 64.9 Å². The van der Waals surface area contributed by atoms with Crippen molar-refractivity contribution in [1.82, 2.24) is 5.32 Å². The molecular weight excluding hydrogens is 376 g/mol. The van der Waals surface area contributed by atoms with Gasteiger partial charge in [-0.1, -0.05) is 32.9 Å². The number of piperidine rings is 1. The molecule has 1 fully saturated rings. The third kappa shape index (κ3) is 5.41. The van der Waals surface area contributed by atoms with Crippen molar-refractivity contribution in [1.29, 1.82) is 0 Å². The fraction of sp³-hybridized carbons (Fsp3) is 0.545. The van der Waals surface area contributed by atoms with Crippen molar-refractivity contribution in [2.24, 2.45) is 16.8 Å². The number of carbonyl (C=O) groups is 1. The lowest BCUT2D eigenvalue weighted by Crippen LogP contribution is -2.53. The maximum absolute atomic E-state index is 13.4. The van der Waals surface area contributed by atoms with Gasteiger partial charge in [-0.15, -0.1) is 0 Å². The van der Waals surface area contributed by atoms with E-state index in [2.05, 4.69) is 28.9 Å². The Bertz CT molecular complexity index is 765. The van der Waals surface area contributed by atoms with Crippen LogP contribution >= 0.6 is 0 Å². The number of aliphatic hydroxyl groups excluding tert-OH is 1. The van der Waals surface area contributed by atoms with Crippen LogP contribution < -0.4 is 10.2 Å². The van der Waals surface area contributed by atoms with E-state index < -0.39 is 12.5 Å². The predicted octanol–water partition coefficient (Wildman–Crippen LogP) is 4.34. The summed E-state index contributed by atoms with van der Waals surface area (Å²) in [6.07, 6.45) is 0.641. The van der Waals surface area contributed by atoms with E-state index in [0.717, 1.165) is 18.7 Å². The van der Waals surface area contributed by atoms with Crippen molar-refractivity contribution in [2.75, 3.05) is 18.0 Å². The normalized spacial score (nSPS) is 21.1. The second kappa shape index (κ2) is 9.96. The number of aliphatic imine (C=N–C) groups is 1. The standard InChI is InChI=1S/C22H31F2N3O2/c1-6-7-16-18(9-8-17(21(23)24)19(16)25-5)27-11-14(4)10-15(12-27)26-22(29)20(28)13(2)3/h6-9,13-15,20-21,28H,5,10-12H2,1-4H3,(H,26,29)/b7-6-/t14-,15+,20-/m0/s1. The van der Waals surface area contributed by atoms with E-state index >= 15 is 0 Å². The molecule has 0 radical (unpaired) electrons. The highest BCUT2D eigenvalue weighted by molar-refractivity contribution is 5.82. The Labute approximate surface area is 171 Å². The third-order valence-corrected chi connectivity index (χ3v) is 5.20. The first-order valence-corrected chi connectivity index (χ1v) is 9.97. The Morgan fingerprint density at radius 2 is 2.07 bits per heavy atom. The van der Waals surface area contributed by atoms with Crippen molar-refractivity contribution in [3.63, 3.8) is 0 Å². The number of aliphatic hydroxyl groups is 1. The summed E-state index contributed by atoms with van der Waals surface area (Å²) in [5.74, 6) is -0.274. The molecule has 1 aromatic carbocycles. The predicted molar refractivity (Wildman–Crippen MR) is 114 cm³/mol. The van der Waals surface area contributed by atoms with Gasteiger partial charge < -0.3 is 15.3 Å². The monoisotopic (exact) mass is 407 g/mol. The van der Waals surface area contributed by atoms with Gasteiger partial charge >= 0.3 is 0 Å². The van der Waals surface area contributed by atoms with Gasteiger partial charge in [-0.25, -0.2) is 8.78 Å². The molecule has 0 aromatic heterocycles. The molecule has 1 heterocycles. The lowest BCUT2D eigenvalue weighted by atomic mass is 9.93. The van der Waals surface area contributed by atoms with Crippen LogP contribution in [0, 0.1) is 11.8 Å². The summed E-state index contributed by atoms with van der Waals surface area (Å²) in [6, 6.07) is 2.94. The zero-order valence-electron chi connectivity index (χ0n) is 17.5. The molecule has 5 nitrogen and oxygen atoms in total. The summed E-state index contributed by atoms with van der Waals surface area (Å²) in [7, 11) is 0. The maximum atomic E-state index is 13.4. The Balaban J connectivity index is 2.35. The molecule has 2 rings (SSSR count). The number of allylic oxidation sites excluding steroid dienone is 1. The highest BCUT2D eigenvalue weighted by Crippen LogP contribution is 2.39. The molecule has 3 atom stereocenters. The van der Waals surface area contributed by atoms with E-state index in [9.17, 15) is 18.7 Å². The van der Waals surface area contributed by atoms with E-state index in [4.69, 9.17) is 0 Å². The SMILES string of the molecule is C=Nc1c(C(F)F)ccc(N2C[C@@H](C)C[C@@H](NC(=O)[C@@H](O)C(C)C)C2)c1/C=C\C. The lowest BCUT2D eigenvalue weighted by Gasteiger charge is -2.39. The molecule has 0 saturated carbocycles. The molecule has 1 amide bonds. The fourth-order valence-electron chi connectivity index (χ4n) is 3.82. The first-order chi connectivity index (χ1) is 13.7. The molecule has 1 aliphatic heterocycles. The molecule has 0 unspecified atom stereocenters. The minimum Gasteiger partial charge on any atom is -0.383 e. The van der Waals surface area contributed by atoms with Gasteiger partial charge in [-0.05, 0) is 44.0 Å². The number of hydrogen-bond donors (Lipinski definition) is 2. The largest absolute Gasteiger partial charge is 0.383 e. The van der Waals surface area contributed by atoms with Crippen molar-refractivity contribution < 1.29 is 18.7 Å². The number of rotatable bonds is 7. The van der Waals surface area contributed by atoms with Crippen LogP contribution in [0.15, 0.2) is 23.2 Å². The van der Waals surface area contributed by atoms with E-state index in [-0.39, 0.29) is 35.0 Å². The number of halogens is 2. The number of benzene rings is 1. The minimum atomic E-state index is -2.64. The quantitative estimate of drug-likeness (QED) is 0.661. The Morgan fingerprint density at radius 1 is 1.38 bits per heavy atom. The van der Waals surface area contributed by atoms with Crippen LogP contribution in [0.25, 0.3) is 6.08 Å². The summed E-state index contributed by atoms with van der Waals surface area (Å²) in [4.78, 5) is 18.3. The van der Waals surface area contributed by atoms with Crippen LogP contribution in [0.4, 0.5) is 20.2 Å². The van der Waals surface area contributed by atoms with Crippen LogP contribution in [0.3, 0.4) is 0 Å². The van der Waals surface area contributed by atoms with Crippen molar-refractivity contribution in [3.8, 4) is 0 Å². The summed E-state index contributed by atoms with van der Waals surface area (Å²) >= 11 is 0. The zero-order valence-corrected chi connectivity index (χ0v) is 17.5. The summed E-state index contributed by atoms with van der Waals surface area (Å²) in [6.45, 7) is 12.2. The first-order valence-electron chi connectivity index (χ1n) is 9.97. The second-order valence-corrected chi connectivity index (χ2v) is 8.04. The molecule has 1 saturated heterocycles. The molecular formula is C22H31F2N3O2. The van der Waals surface area contributed by atoms with E-state index in [1.165, 1.54) is 6.07 Å². The summed E-state index contributed by atoms with van der Waals surface area (Å²) < 4.78 is 26.8. The zero-order chi connectivity index (χ0) is 21.7. The summed E-state index contributed by atoms with van der Waals surface area (Å²) in [5, 5.41) is 12.9. The fourth-order valence-corrected chi connectivity index (χ4v) is 3.82. The molecule has 1 aromatic rings. The van der Waals surface area contributed by atoms with Crippen LogP contribution in [-0.4, -0.2) is 43.0 Å². The Hall–Kier alpha value is -2.28. The van der Waals surface area contributed by atoms with Gasteiger partial charge in [0.05, 0.1) is 5.69 Å². The Morgan fingerprint density at radius 3 is 2.62 bits per heavy atom. The van der Waals surface area contributed by atoms with Gasteiger partial charge in [-0.3, -0.25) is 9.79 Å². The highest BCUT2D eigenvalue weighted by Gasteiger charge is 2.30. The van der Waals surface area contributed by atoms with E-state index in [0.29, 0.717) is 12.1 Å². The van der Waals surface area contributed by atoms with E-state index in [1.54, 1.807) is 32.1 Å². The van der Waals surface area contributed by atoms with Gasteiger partial charge in [-0.2, -0.15) is 0 Å². The van der Waals surface area contributed by atoms with Crippen molar-refractivity contribution >= 4 is 30.1 Å². The first kappa shape index (κ1) is 23.0. The second-order valence-electron chi connectivity index (χ2n) is 8.04. The molecule has 160 valence electrons. The number of anilines is 1. The van der Waals surface area contributed by atoms with Crippen LogP contribution in [-0.2, 0) is 4.79 Å². The minimum absolute atomic E-state index is 0.145. The number of amides is 1. The van der Waals surface area contributed by atoms with Gasteiger partial charge in [0.25, 0.3) is 6.43 Å². The highest BCUT2D eigenvalue weighted by atomic mass is 19.3. The lowest BCUT2D eigenvalue weighted by molar-refractivity contribution is -0.132. The average molecular weight is 408 g/mol. The number of nitrogens with one attached hydrogen (secondary N) is 1. The van der Waals surface area contributed by atoms with Crippen LogP contribution in [0.5, 0.6) is 0 Å². The Kier molecular flexibility index (Phi) is 7.90. The number of alkyl halides is 2. The molecule has 0 bridgehead atoms. The smallest absolute Gasteiger partial charge is 0.265 e. The molecule has 2 N–H and O–H groups in total. The molecule has 1 aliphatic rings. The average Bonchev–Trinajstić information content (AvgIpc) is 2.66. The number of hydrogen-bond acceptors (Lipinski definition) is 4. The maximum Gasteiger partial charge on any atom is 0.265 e. The van der Waals surface area contributed by atoms with Gasteiger partial charge in [0.15, 0.2) is 0 Å². The number of nitrogens with zero attached hydrogens (tertiary/aromatic N) is 2. The third-order valence-electron chi connectivity index (χ3n) is 5.20.